The highest BCUT2D eigenvalue weighted by atomic mass is 32.2. The number of aryl methyl sites for hydroxylation is 1. The first kappa shape index (κ1) is 20.4. The van der Waals surface area contributed by atoms with Crippen molar-refractivity contribution in [2.45, 2.75) is 24.3 Å². The second-order valence-electron chi connectivity index (χ2n) is 6.16. The molecule has 0 fully saturated rings. The van der Waals surface area contributed by atoms with Crippen LogP contribution in [0.15, 0.2) is 53.9 Å². The van der Waals surface area contributed by atoms with E-state index in [4.69, 9.17) is 4.74 Å². The van der Waals surface area contributed by atoms with Crippen LogP contribution in [0.5, 0.6) is 5.75 Å². The van der Waals surface area contributed by atoms with Crippen LogP contribution >= 0.6 is 23.1 Å². The van der Waals surface area contributed by atoms with Crippen LogP contribution in [0.1, 0.15) is 23.2 Å². The highest BCUT2D eigenvalue weighted by Gasteiger charge is 2.08. The van der Waals surface area contributed by atoms with E-state index in [1.807, 2.05) is 29.6 Å². The van der Waals surface area contributed by atoms with E-state index < -0.39 is 0 Å². The minimum absolute atomic E-state index is 0.0457. The van der Waals surface area contributed by atoms with Crippen molar-refractivity contribution in [2.24, 2.45) is 0 Å². The number of hydrogen-bond acceptors (Lipinski definition) is 5. The molecule has 2 aromatic carbocycles. The van der Waals surface area contributed by atoms with Gasteiger partial charge in [-0.3, -0.25) is 4.79 Å². The molecule has 1 N–H and O–H groups in total. The van der Waals surface area contributed by atoms with Gasteiger partial charge in [0.25, 0.3) is 0 Å². The second kappa shape index (κ2) is 10.2. The molecule has 3 rings (SSSR count). The summed E-state index contributed by atoms with van der Waals surface area (Å²) in [5.74, 6) is 2.08. The third-order valence-corrected chi connectivity index (χ3v) is 5.87. The third kappa shape index (κ3) is 6.35. The Balaban J connectivity index is 1.40. The summed E-state index contributed by atoms with van der Waals surface area (Å²) in [4.78, 5) is 16.6. The maximum atomic E-state index is 12.9. The lowest BCUT2D eigenvalue weighted by Crippen LogP contribution is -2.12. The number of methoxy groups -OCH3 is 1. The first-order valence-electron chi connectivity index (χ1n) is 8.82. The van der Waals surface area contributed by atoms with E-state index in [2.05, 4.69) is 10.3 Å². The molecule has 4 nitrogen and oxygen atoms in total. The number of nitrogens with one attached hydrogen (secondary N) is 1. The van der Waals surface area contributed by atoms with Crippen LogP contribution in [-0.4, -0.2) is 18.0 Å². The molecule has 7 heteroatoms. The largest absolute Gasteiger partial charge is 0.497 e. The van der Waals surface area contributed by atoms with Gasteiger partial charge in [-0.15, -0.1) is 11.3 Å². The van der Waals surface area contributed by atoms with Gasteiger partial charge in [0.1, 0.15) is 11.6 Å². The van der Waals surface area contributed by atoms with Crippen molar-refractivity contribution in [1.29, 1.82) is 0 Å². The lowest BCUT2D eigenvalue weighted by molar-refractivity contribution is -0.116. The molecule has 0 spiro atoms. The zero-order chi connectivity index (χ0) is 19.8. The standard InChI is InChI=1S/C21H21FN2O2S2/c1-26-19-9-4-15(5-10-19)6-11-20(25)24-21-23-18(14-28-21)13-27-12-16-2-7-17(22)8-3-16/h2-5,7-10,14H,6,11-13H2,1H3,(H,23,24,25). The van der Waals surface area contributed by atoms with Gasteiger partial charge in [0.2, 0.25) is 5.91 Å². The molecule has 0 bridgehead atoms. The van der Waals surface area contributed by atoms with Gasteiger partial charge in [-0.05, 0) is 41.8 Å². The summed E-state index contributed by atoms with van der Waals surface area (Å²) in [6.45, 7) is 0. The molecule has 3 aromatic rings. The van der Waals surface area contributed by atoms with E-state index in [-0.39, 0.29) is 11.7 Å². The fraction of sp³-hybridized carbons (Fsp3) is 0.238. The molecule has 0 aliphatic heterocycles. The Labute approximate surface area is 172 Å². The molecule has 28 heavy (non-hydrogen) atoms. The Kier molecular flexibility index (Phi) is 7.45. The molecule has 0 aliphatic carbocycles. The fourth-order valence-corrected chi connectivity index (χ4v) is 4.24. The SMILES string of the molecule is COc1ccc(CCC(=O)Nc2nc(CSCc3ccc(F)cc3)cs2)cc1. The van der Waals surface area contributed by atoms with Crippen molar-refractivity contribution < 1.29 is 13.9 Å². The number of thiazole rings is 1. The third-order valence-electron chi connectivity index (χ3n) is 4.03. The molecule has 146 valence electrons. The molecule has 1 aromatic heterocycles. The molecule has 1 heterocycles. The van der Waals surface area contributed by atoms with Gasteiger partial charge in [-0.2, -0.15) is 11.8 Å². The van der Waals surface area contributed by atoms with Crippen LogP contribution in [0.4, 0.5) is 9.52 Å². The van der Waals surface area contributed by atoms with Crippen LogP contribution in [0, 0.1) is 5.82 Å². The van der Waals surface area contributed by atoms with E-state index in [1.54, 1.807) is 31.0 Å². The number of carbonyl (C=O) groups excluding carboxylic acids is 1. The molecule has 0 radical (unpaired) electrons. The predicted octanol–water partition coefficient (Wildman–Crippen LogP) is 5.30. The number of nitrogens with zero attached hydrogens (tertiary/aromatic N) is 1. The number of amides is 1. The van der Waals surface area contributed by atoms with Gasteiger partial charge in [0.15, 0.2) is 5.13 Å². The van der Waals surface area contributed by atoms with Crippen LogP contribution in [0.2, 0.25) is 0 Å². The van der Waals surface area contributed by atoms with Crippen LogP contribution in [0.3, 0.4) is 0 Å². The average molecular weight is 417 g/mol. The van der Waals surface area contributed by atoms with Gasteiger partial charge >= 0.3 is 0 Å². The quantitative estimate of drug-likeness (QED) is 0.515. The van der Waals surface area contributed by atoms with Gasteiger partial charge in [0.05, 0.1) is 12.8 Å². The molecule has 0 unspecified atom stereocenters. The molecular weight excluding hydrogens is 395 g/mol. The fourth-order valence-electron chi connectivity index (χ4n) is 2.52. The summed E-state index contributed by atoms with van der Waals surface area (Å²) in [6, 6.07) is 14.2. The zero-order valence-electron chi connectivity index (χ0n) is 15.5. The number of carbonyl (C=O) groups is 1. The van der Waals surface area contributed by atoms with Crippen molar-refractivity contribution in [2.75, 3.05) is 12.4 Å². The summed E-state index contributed by atoms with van der Waals surface area (Å²) in [7, 11) is 1.63. The summed E-state index contributed by atoms with van der Waals surface area (Å²) in [5.41, 5.74) is 3.10. The Hall–Kier alpha value is -2.38. The molecular formula is C21H21FN2O2S2. The topological polar surface area (TPSA) is 51.2 Å². The summed E-state index contributed by atoms with van der Waals surface area (Å²) < 4.78 is 18.0. The lowest BCUT2D eigenvalue weighted by atomic mass is 10.1. The van der Waals surface area contributed by atoms with Crippen molar-refractivity contribution in [3.05, 3.63) is 76.5 Å². The van der Waals surface area contributed by atoms with E-state index in [0.29, 0.717) is 18.0 Å². The Bertz CT molecular complexity index is 896. The number of thioether (sulfide) groups is 1. The lowest BCUT2D eigenvalue weighted by Gasteiger charge is -2.04. The van der Waals surface area contributed by atoms with E-state index in [1.165, 1.54) is 23.5 Å². The Morgan fingerprint density at radius 2 is 1.82 bits per heavy atom. The summed E-state index contributed by atoms with van der Waals surface area (Å²) in [6.07, 6.45) is 1.07. The van der Waals surface area contributed by atoms with Crippen molar-refractivity contribution in [3.63, 3.8) is 0 Å². The van der Waals surface area contributed by atoms with Crippen LogP contribution < -0.4 is 10.1 Å². The summed E-state index contributed by atoms with van der Waals surface area (Å²) in [5, 5.41) is 5.44. The highest BCUT2D eigenvalue weighted by molar-refractivity contribution is 7.97. The normalized spacial score (nSPS) is 10.6. The Morgan fingerprint density at radius 3 is 2.54 bits per heavy atom. The number of hydrogen-bond donors (Lipinski definition) is 1. The number of halogens is 1. The van der Waals surface area contributed by atoms with Gasteiger partial charge in [0, 0.05) is 23.3 Å². The number of anilines is 1. The summed E-state index contributed by atoms with van der Waals surface area (Å²) >= 11 is 3.14. The van der Waals surface area contributed by atoms with Gasteiger partial charge in [-0.1, -0.05) is 24.3 Å². The van der Waals surface area contributed by atoms with Gasteiger partial charge in [-0.25, -0.2) is 9.37 Å². The highest BCUT2D eigenvalue weighted by Crippen LogP contribution is 2.22. The molecule has 0 saturated carbocycles. The zero-order valence-corrected chi connectivity index (χ0v) is 17.1. The first-order chi connectivity index (χ1) is 13.6. The van der Waals surface area contributed by atoms with Crippen molar-refractivity contribution in [3.8, 4) is 5.75 Å². The van der Waals surface area contributed by atoms with Crippen molar-refractivity contribution in [1.82, 2.24) is 4.98 Å². The monoisotopic (exact) mass is 416 g/mol. The average Bonchev–Trinajstić information content (AvgIpc) is 3.15. The minimum atomic E-state index is -0.222. The van der Waals surface area contributed by atoms with Crippen molar-refractivity contribution >= 4 is 34.1 Å². The molecule has 0 aliphatic rings. The van der Waals surface area contributed by atoms with Gasteiger partial charge < -0.3 is 10.1 Å². The van der Waals surface area contributed by atoms with E-state index in [0.717, 1.165) is 34.1 Å². The number of ether oxygens (including phenoxy) is 1. The number of benzene rings is 2. The maximum absolute atomic E-state index is 12.9. The Morgan fingerprint density at radius 1 is 1.11 bits per heavy atom. The van der Waals surface area contributed by atoms with E-state index in [9.17, 15) is 9.18 Å². The molecule has 1 amide bonds. The first-order valence-corrected chi connectivity index (χ1v) is 10.8. The maximum Gasteiger partial charge on any atom is 0.226 e. The molecule has 0 atom stereocenters. The van der Waals surface area contributed by atoms with Crippen LogP contribution in [-0.2, 0) is 22.7 Å². The predicted molar refractivity (Wildman–Crippen MR) is 113 cm³/mol. The minimum Gasteiger partial charge on any atom is -0.497 e. The smallest absolute Gasteiger partial charge is 0.226 e. The number of rotatable bonds is 9. The van der Waals surface area contributed by atoms with E-state index >= 15 is 0 Å². The second-order valence-corrected chi connectivity index (χ2v) is 8.00. The van der Waals surface area contributed by atoms with Crippen LogP contribution in [0.25, 0.3) is 0 Å². The number of aromatic nitrogens is 1. The molecule has 0 saturated heterocycles.